The highest BCUT2D eigenvalue weighted by molar-refractivity contribution is 7.12. The molecule has 1 heterocycles. The summed E-state index contributed by atoms with van der Waals surface area (Å²) >= 11 is 1.22. The third-order valence-electron chi connectivity index (χ3n) is 1.62. The van der Waals surface area contributed by atoms with Gasteiger partial charge in [-0.25, -0.2) is 4.79 Å². The Balaban J connectivity index is 2.73. The Labute approximate surface area is 95.4 Å². The van der Waals surface area contributed by atoms with E-state index in [0.29, 0.717) is 10.6 Å². The second kappa shape index (κ2) is 5.22. The molecule has 0 spiro atoms. The molecular weight excluding hydrogens is 230 g/mol. The van der Waals surface area contributed by atoms with Crippen molar-refractivity contribution in [1.29, 1.82) is 0 Å². The maximum Gasteiger partial charge on any atom is 0.328 e. The van der Waals surface area contributed by atoms with Gasteiger partial charge in [0, 0.05) is 19.1 Å². The maximum atomic E-state index is 11.2. The molecule has 84 valence electrons. The number of thiophene rings is 1. The lowest BCUT2D eigenvalue weighted by molar-refractivity contribution is -0.131. The van der Waals surface area contributed by atoms with E-state index in [4.69, 9.17) is 5.11 Å². The molecule has 6 heteroatoms. The van der Waals surface area contributed by atoms with Crippen LogP contribution in [0, 0.1) is 0 Å². The number of carbonyl (C=O) groups excluding carboxylic acids is 2. The average Bonchev–Trinajstić information content (AvgIpc) is 2.62. The van der Waals surface area contributed by atoms with Gasteiger partial charge in [-0.15, -0.1) is 11.3 Å². The lowest BCUT2D eigenvalue weighted by Crippen LogP contribution is -2.10. The molecule has 0 aliphatic carbocycles. The molecule has 16 heavy (non-hydrogen) atoms. The minimum Gasteiger partial charge on any atom is -0.478 e. The molecule has 0 saturated heterocycles. The van der Waals surface area contributed by atoms with Crippen LogP contribution in [0.15, 0.2) is 23.6 Å². The predicted octanol–water partition coefficient (Wildman–Crippen LogP) is 1.53. The second-order valence-corrected chi connectivity index (χ2v) is 3.80. The van der Waals surface area contributed by atoms with E-state index >= 15 is 0 Å². The average molecular weight is 239 g/mol. The van der Waals surface area contributed by atoms with Gasteiger partial charge < -0.3 is 10.4 Å². The number of nitrogens with one attached hydrogen (secondary N) is 1. The number of carbonyl (C=O) groups is 3. The van der Waals surface area contributed by atoms with Crippen LogP contribution in [0.1, 0.15) is 16.6 Å². The third-order valence-corrected chi connectivity index (χ3v) is 2.64. The molecule has 0 fully saturated rings. The van der Waals surface area contributed by atoms with E-state index in [9.17, 15) is 14.4 Å². The van der Waals surface area contributed by atoms with E-state index in [0.717, 1.165) is 12.2 Å². The molecule has 2 N–H and O–H groups in total. The van der Waals surface area contributed by atoms with Crippen molar-refractivity contribution in [3.8, 4) is 0 Å². The van der Waals surface area contributed by atoms with Crippen molar-refractivity contribution < 1.29 is 19.5 Å². The second-order valence-electron chi connectivity index (χ2n) is 2.88. The van der Waals surface area contributed by atoms with Gasteiger partial charge in [-0.2, -0.15) is 0 Å². The standard InChI is InChI=1S/C10H9NO4S/c1-6(12)10-7(4-5-16-10)11-8(13)2-3-9(14)15/h2-5H,1H3,(H,11,13)(H,14,15)/b3-2+. The minimum atomic E-state index is -1.20. The monoisotopic (exact) mass is 239 g/mol. The van der Waals surface area contributed by atoms with Gasteiger partial charge in [-0.3, -0.25) is 9.59 Å². The number of carboxylic acids is 1. The van der Waals surface area contributed by atoms with Crippen LogP contribution in [0.25, 0.3) is 0 Å². The molecular formula is C10H9NO4S. The van der Waals surface area contributed by atoms with Crippen LogP contribution >= 0.6 is 11.3 Å². The fourth-order valence-electron chi connectivity index (χ4n) is 1.00. The normalized spacial score (nSPS) is 10.3. The molecule has 0 saturated carbocycles. The van der Waals surface area contributed by atoms with E-state index < -0.39 is 11.9 Å². The Bertz CT molecular complexity index is 461. The number of hydrogen-bond acceptors (Lipinski definition) is 4. The highest BCUT2D eigenvalue weighted by atomic mass is 32.1. The number of Topliss-reactive ketones (excluding diaryl/α,β-unsaturated/α-hetero) is 1. The predicted molar refractivity (Wildman–Crippen MR) is 59.7 cm³/mol. The Hall–Kier alpha value is -1.95. The van der Waals surface area contributed by atoms with Crippen LogP contribution in [0.5, 0.6) is 0 Å². The summed E-state index contributed by atoms with van der Waals surface area (Å²) in [7, 11) is 0. The van der Waals surface area contributed by atoms with Gasteiger partial charge in [0.25, 0.3) is 0 Å². The summed E-state index contributed by atoms with van der Waals surface area (Å²) < 4.78 is 0. The molecule has 0 bridgehead atoms. The molecule has 0 unspecified atom stereocenters. The molecule has 0 aromatic carbocycles. The van der Waals surface area contributed by atoms with E-state index in [2.05, 4.69) is 5.32 Å². The van der Waals surface area contributed by atoms with Crippen LogP contribution in [0.4, 0.5) is 5.69 Å². The number of rotatable bonds is 4. The fourth-order valence-corrected chi connectivity index (χ4v) is 1.75. The summed E-state index contributed by atoms with van der Waals surface area (Å²) in [5.41, 5.74) is 0.400. The van der Waals surface area contributed by atoms with Crippen LogP contribution in [-0.2, 0) is 9.59 Å². The first-order chi connectivity index (χ1) is 7.50. The number of hydrogen-bond donors (Lipinski definition) is 2. The van der Waals surface area contributed by atoms with Gasteiger partial charge in [0.05, 0.1) is 10.6 Å². The summed E-state index contributed by atoms with van der Waals surface area (Å²) in [5, 5.41) is 12.4. The topological polar surface area (TPSA) is 83.5 Å². The summed E-state index contributed by atoms with van der Waals surface area (Å²) in [6.07, 6.45) is 1.62. The zero-order valence-corrected chi connectivity index (χ0v) is 9.21. The van der Waals surface area contributed by atoms with Crippen molar-refractivity contribution in [2.75, 3.05) is 5.32 Å². The van der Waals surface area contributed by atoms with E-state index in [1.54, 1.807) is 11.4 Å². The van der Waals surface area contributed by atoms with Gasteiger partial charge in [-0.1, -0.05) is 0 Å². The summed E-state index contributed by atoms with van der Waals surface area (Å²) in [6.45, 7) is 1.40. The zero-order chi connectivity index (χ0) is 12.1. The molecule has 0 radical (unpaired) electrons. The van der Waals surface area contributed by atoms with E-state index in [-0.39, 0.29) is 5.78 Å². The van der Waals surface area contributed by atoms with Gasteiger partial charge in [0.15, 0.2) is 5.78 Å². The SMILES string of the molecule is CC(=O)c1sccc1NC(=O)/C=C/C(=O)O. The third kappa shape index (κ3) is 3.32. The van der Waals surface area contributed by atoms with Crippen molar-refractivity contribution in [1.82, 2.24) is 0 Å². The molecule has 5 nitrogen and oxygen atoms in total. The van der Waals surface area contributed by atoms with Gasteiger partial charge >= 0.3 is 5.97 Å². The number of aliphatic carboxylic acids is 1. The van der Waals surface area contributed by atoms with Gasteiger partial charge in [0.2, 0.25) is 5.91 Å². The molecule has 0 aliphatic rings. The van der Waals surface area contributed by atoms with E-state index in [1.807, 2.05) is 0 Å². The van der Waals surface area contributed by atoms with Crippen LogP contribution in [0.2, 0.25) is 0 Å². The van der Waals surface area contributed by atoms with Crippen LogP contribution in [-0.4, -0.2) is 22.8 Å². The van der Waals surface area contributed by atoms with Crippen molar-refractivity contribution in [3.05, 3.63) is 28.5 Å². The first-order valence-corrected chi connectivity index (χ1v) is 5.19. The zero-order valence-electron chi connectivity index (χ0n) is 8.39. The Morgan fingerprint density at radius 2 is 2.06 bits per heavy atom. The lowest BCUT2D eigenvalue weighted by atomic mass is 10.3. The van der Waals surface area contributed by atoms with Gasteiger partial charge in [-0.05, 0) is 11.4 Å². The van der Waals surface area contributed by atoms with Crippen molar-refractivity contribution >= 4 is 34.7 Å². The molecule has 1 amide bonds. The van der Waals surface area contributed by atoms with Gasteiger partial charge in [0.1, 0.15) is 0 Å². The number of carboxylic acid groups (broad SMARTS) is 1. The Morgan fingerprint density at radius 3 is 2.62 bits per heavy atom. The molecule has 1 aromatic heterocycles. The number of ketones is 1. The van der Waals surface area contributed by atoms with Crippen LogP contribution < -0.4 is 5.32 Å². The maximum absolute atomic E-state index is 11.2. The lowest BCUT2D eigenvalue weighted by Gasteiger charge is -2.00. The molecule has 1 aromatic rings. The Morgan fingerprint density at radius 1 is 1.38 bits per heavy atom. The largest absolute Gasteiger partial charge is 0.478 e. The van der Waals surface area contributed by atoms with E-state index in [1.165, 1.54) is 18.3 Å². The Kier molecular flexibility index (Phi) is 3.96. The first-order valence-electron chi connectivity index (χ1n) is 4.31. The fraction of sp³-hybridized carbons (Fsp3) is 0.100. The van der Waals surface area contributed by atoms with Crippen LogP contribution in [0.3, 0.4) is 0 Å². The molecule has 0 aliphatic heterocycles. The smallest absolute Gasteiger partial charge is 0.328 e. The number of anilines is 1. The molecule has 1 rings (SSSR count). The minimum absolute atomic E-state index is 0.146. The highest BCUT2D eigenvalue weighted by Gasteiger charge is 2.10. The van der Waals surface area contributed by atoms with Crippen molar-refractivity contribution in [2.45, 2.75) is 6.92 Å². The first kappa shape index (κ1) is 12.1. The quantitative estimate of drug-likeness (QED) is 0.616. The summed E-state index contributed by atoms with van der Waals surface area (Å²) in [4.78, 5) is 32.9. The summed E-state index contributed by atoms with van der Waals surface area (Å²) in [6, 6.07) is 1.59. The number of amides is 1. The summed E-state index contributed by atoms with van der Waals surface area (Å²) in [5.74, 6) is -1.93. The highest BCUT2D eigenvalue weighted by Crippen LogP contribution is 2.22. The molecule has 0 atom stereocenters. The van der Waals surface area contributed by atoms with Crippen molar-refractivity contribution in [2.24, 2.45) is 0 Å². The van der Waals surface area contributed by atoms with Crippen molar-refractivity contribution in [3.63, 3.8) is 0 Å².